The number of ether oxygens (including phenoxy) is 2. The molecule has 0 heterocycles. The number of rotatable bonds is 5. The van der Waals surface area contributed by atoms with Gasteiger partial charge in [0.25, 0.3) is 0 Å². The molecular formula is C15H27NO5. The minimum absolute atomic E-state index is 0.0641. The normalized spacial score (nSPS) is 17.4. The van der Waals surface area contributed by atoms with Crippen molar-refractivity contribution in [1.29, 1.82) is 0 Å². The van der Waals surface area contributed by atoms with Crippen LogP contribution >= 0.6 is 0 Å². The molecule has 122 valence electrons. The summed E-state index contributed by atoms with van der Waals surface area (Å²) >= 11 is 0. The molecule has 0 bridgehead atoms. The fraction of sp³-hybridized carbons (Fsp3) is 0.867. The standard InChI is InChI=1S/C15H27NO5/c1-15(2,3)21-14(19)16(4)12(9-10-17)13(18)20-11-7-5-6-8-11/h11-12,17H,5-10H2,1-4H3. The van der Waals surface area contributed by atoms with Gasteiger partial charge in [0.2, 0.25) is 0 Å². The largest absolute Gasteiger partial charge is 0.461 e. The van der Waals surface area contributed by atoms with Crippen LogP contribution < -0.4 is 0 Å². The molecule has 1 fully saturated rings. The highest BCUT2D eigenvalue weighted by Gasteiger charge is 2.32. The third-order valence-corrected chi connectivity index (χ3v) is 3.41. The van der Waals surface area contributed by atoms with Crippen LogP contribution in [0.5, 0.6) is 0 Å². The van der Waals surface area contributed by atoms with Crippen LogP contribution in [0.4, 0.5) is 4.79 Å². The molecule has 0 aromatic heterocycles. The van der Waals surface area contributed by atoms with Crippen molar-refractivity contribution in [3.8, 4) is 0 Å². The van der Waals surface area contributed by atoms with E-state index in [2.05, 4.69) is 0 Å². The molecule has 1 atom stereocenters. The fourth-order valence-corrected chi connectivity index (χ4v) is 2.30. The fourth-order valence-electron chi connectivity index (χ4n) is 2.30. The van der Waals surface area contributed by atoms with Gasteiger partial charge in [-0.05, 0) is 46.5 Å². The van der Waals surface area contributed by atoms with E-state index in [0.717, 1.165) is 25.7 Å². The van der Waals surface area contributed by atoms with Crippen molar-refractivity contribution in [2.24, 2.45) is 0 Å². The Morgan fingerprint density at radius 3 is 2.33 bits per heavy atom. The van der Waals surface area contributed by atoms with Gasteiger partial charge in [0.1, 0.15) is 17.7 Å². The maximum Gasteiger partial charge on any atom is 0.410 e. The van der Waals surface area contributed by atoms with Crippen molar-refractivity contribution < 1.29 is 24.2 Å². The van der Waals surface area contributed by atoms with Crippen LogP contribution in [0.15, 0.2) is 0 Å². The van der Waals surface area contributed by atoms with Crippen molar-refractivity contribution in [2.75, 3.05) is 13.7 Å². The first-order valence-electron chi connectivity index (χ1n) is 7.51. The number of aliphatic hydroxyl groups is 1. The van der Waals surface area contributed by atoms with Crippen LogP contribution in [-0.4, -0.2) is 53.5 Å². The average molecular weight is 301 g/mol. The van der Waals surface area contributed by atoms with Crippen LogP contribution in [0.2, 0.25) is 0 Å². The van der Waals surface area contributed by atoms with E-state index in [-0.39, 0.29) is 19.1 Å². The molecule has 0 radical (unpaired) electrons. The molecule has 0 aromatic carbocycles. The number of esters is 1. The van der Waals surface area contributed by atoms with Gasteiger partial charge in [-0.15, -0.1) is 0 Å². The van der Waals surface area contributed by atoms with Crippen molar-refractivity contribution in [1.82, 2.24) is 4.90 Å². The van der Waals surface area contributed by atoms with Gasteiger partial charge in [0.15, 0.2) is 0 Å². The summed E-state index contributed by atoms with van der Waals surface area (Å²) in [7, 11) is 1.49. The molecule has 1 aliphatic carbocycles. The second-order valence-corrected chi connectivity index (χ2v) is 6.46. The zero-order chi connectivity index (χ0) is 16.0. The van der Waals surface area contributed by atoms with Gasteiger partial charge in [0, 0.05) is 20.1 Å². The molecule has 0 saturated heterocycles. The molecule has 1 aliphatic rings. The number of hydrogen-bond donors (Lipinski definition) is 1. The molecule has 1 unspecified atom stereocenters. The Kier molecular flexibility index (Phi) is 6.45. The highest BCUT2D eigenvalue weighted by Crippen LogP contribution is 2.22. The van der Waals surface area contributed by atoms with Crippen LogP contribution in [0, 0.1) is 0 Å². The number of aliphatic hydroxyl groups excluding tert-OH is 1. The van der Waals surface area contributed by atoms with E-state index in [0.29, 0.717) is 0 Å². The molecule has 0 aromatic rings. The summed E-state index contributed by atoms with van der Waals surface area (Å²) in [6.07, 6.45) is 3.34. The lowest BCUT2D eigenvalue weighted by atomic mass is 10.2. The smallest absolute Gasteiger partial charge is 0.410 e. The number of hydrogen-bond acceptors (Lipinski definition) is 5. The van der Waals surface area contributed by atoms with Gasteiger partial charge in [0.05, 0.1) is 0 Å². The molecular weight excluding hydrogens is 274 g/mol. The topological polar surface area (TPSA) is 76.1 Å². The number of nitrogens with zero attached hydrogens (tertiary/aromatic N) is 1. The first-order chi connectivity index (χ1) is 9.74. The summed E-state index contributed by atoms with van der Waals surface area (Å²) < 4.78 is 10.7. The molecule has 1 amide bonds. The quantitative estimate of drug-likeness (QED) is 0.787. The maximum atomic E-state index is 12.2. The second kappa shape index (κ2) is 7.64. The summed E-state index contributed by atoms with van der Waals surface area (Å²) in [6.45, 7) is 5.08. The number of likely N-dealkylation sites (N-methyl/N-ethyl adjacent to an activating group) is 1. The van der Waals surface area contributed by atoms with Crippen molar-refractivity contribution >= 4 is 12.1 Å². The molecule has 6 nitrogen and oxygen atoms in total. The minimum atomic E-state index is -0.814. The van der Waals surface area contributed by atoms with E-state index in [4.69, 9.17) is 14.6 Å². The second-order valence-electron chi connectivity index (χ2n) is 6.46. The molecule has 0 spiro atoms. The molecule has 1 N–H and O–H groups in total. The Bertz CT molecular complexity index is 358. The minimum Gasteiger partial charge on any atom is -0.461 e. The Morgan fingerprint density at radius 2 is 1.86 bits per heavy atom. The Labute approximate surface area is 126 Å². The predicted molar refractivity (Wildman–Crippen MR) is 77.8 cm³/mol. The lowest BCUT2D eigenvalue weighted by Crippen LogP contribution is -2.46. The SMILES string of the molecule is CN(C(=O)OC(C)(C)C)C(CCO)C(=O)OC1CCCC1. The lowest BCUT2D eigenvalue weighted by molar-refractivity contribution is -0.155. The van der Waals surface area contributed by atoms with E-state index >= 15 is 0 Å². The molecule has 6 heteroatoms. The van der Waals surface area contributed by atoms with E-state index in [1.807, 2.05) is 0 Å². The lowest BCUT2D eigenvalue weighted by Gasteiger charge is -2.29. The third-order valence-electron chi connectivity index (χ3n) is 3.41. The summed E-state index contributed by atoms with van der Waals surface area (Å²) in [5.41, 5.74) is -0.634. The van der Waals surface area contributed by atoms with Crippen LogP contribution in [0.3, 0.4) is 0 Å². The first kappa shape index (κ1) is 17.8. The number of carbonyl (C=O) groups is 2. The Morgan fingerprint density at radius 1 is 1.29 bits per heavy atom. The van der Waals surface area contributed by atoms with Crippen LogP contribution in [-0.2, 0) is 14.3 Å². The van der Waals surface area contributed by atoms with E-state index < -0.39 is 23.7 Å². The van der Waals surface area contributed by atoms with Gasteiger partial charge >= 0.3 is 12.1 Å². The monoisotopic (exact) mass is 301 g/mol. The number of amides is 1. The van der Waals surface area contributed by atoms with Gasteiger partial charge in [-0.25, -0.2) is 9.59 Å². The van der Waals surface area contributed by atoms with Gasteiger partial charge in [-0.3, -0.25) is 4.90 Å². The first-order valence-corrected chi connectivity index (χ1v) is 7.51. The maximum absolute atomic E-state index is 12.2. The van der Waals surface area contributed by atoms with Gasteiger partial charge in [-0.1, -0.05) is 0 Å². The van der Waals surface area contributed by atoms with Gasteiger partial charge in [-0.2, -0.15) is 0 Å². The summed E-state index contributed by atoms with van der Waals surface area (Å²) in [4.78, 5) is 25.5. The Balaban J connectivity index is 2.65. The van der Waals surface area contributed by atoms with E-state index in [1.165, 1.54) is 11.9 Å². The van der Waals surface area contributed by atoms with Crippen molar-refractivity contribution in [3.63, 3.8) is 0 Å². The highest BCUT2D eigenvalue weighted by atomic mass is 16.6. The average Bonchev–Trinajstić information content (AvgIpc) is 2.85. The van der Waals surface area contributed by atoms with Gasteiger partial charge < -0.3 is 14.6 Å². The van der Waals surface area contributed by atoms with Crippen LogP contribution in [0.1, 0.15) is 52.9 Å². The summed E-state index contributed by atoms with van der Waals surface area (Å²) in [5.74, 6) is -0.468. The highest BCUT2D eigenvalue weighted by molar-refractivity contribution is 5.81. The molecule has 1 saturated carbocycles. The van der Waals surface area contributed by atoms with Crippen molar-refractivity contribution in [3.05, 3.63) is 0 Å². The zero-order valence-electron chi connectivity index (χ0n) is 13.4. The summed E-state index contributed by atoms with van der Waals surface area (Å²) in [6, 6.07) is -0.814. The number of carbonyl (C=O) groups excluding carboxylic acids is 2. The Hall–Kier alpha value is -1.30. The van der Waals surface area contributed by atoms with E-state index in [1.54, 1.807) is 20.8 Å². The molecule has 21 heavy (non-hydrogen) atoms. The summed E-state index contributed by atoms with van der Waals surface area (Å²) in [5, 5.41) is 9.12. The third kappa shape index (κ3) is 5.91. The zero-order valence-corrected chi connectivity index (χ0v) is 13.4. The molecule has 0 aliphatic heterocycles. The van der Waals surface area contributed by atoms with Crippen LogP contribution in [0.25, 0.3) is 0 Å². The molecule has 1 rings (SSSR count). The van der Waals surface area contributed by atoms with Crippen molar-refractivity contribution in [2.45, 2.75) is 70.6 Å². The predicted octanol–water partition coefficient (Wildman–Crippen LogP) is 2.09. The van der Waals surface area contributed by atoms with E-state index in [9.17, 15) is 9.59 Å².